The van der Waals surface area contributed by atoms with Gasteiger partial charge in [0.1, 0.15) is 0 Å². The largest absolute Gasteiger partial charge is 0.0651 e. The van der Waals surface area contributed by atoms with Crippen LogP contribution in [0.3, 0.4) is 0 Å². The van der Waals surface area contributed by atoms with Crippen LogP contribution in [0.1, 0.15) is 137 Å². The summed E-state index contributed by atoms with van der Waals surface area (Å²) >= 11 is 0. The van der Waals surface area contributed by atoms with Gasteiger partial charge in [0.15, 0.2) is 0 Å². The van der Waals surface area contributed by atoms with Crippen LogP contribution >= 0.6 is 0 Å². The van der Waals surface area contributed by atoms with Crippen LogP contribution in [0.2, 0.25) is 0 Å². The summed E-state index contributed by atoms with van der Waals surface area (Å²) in [5.74, 6) is 0.468. The smallest absolute Gasteiger partial charge is 0.00666 e. The van der Waals surface area contributed by atoms with Gasteiger partial charge in [0.25, 0.3) is 0 Å². The normalized spacial score (nSPS) is 11.5. The summed E-state index contributed by atoms with van der Waals surface area (Å²) in [4.78, 5) is 0. The van der Waals surface area contributed by atoms with E-state index in [2.05, 4.69) is 72.7 Å². The number of rotatable bonds is 14. The Labute approximate surface area is 200 Å². The Hall–Kier alpha value is -1.56. The molecule has 178 valence electrons. The zero-order chi connectivity index (χ0) is 23.5. The van der Waals surface area contributed by atoms with Gasteiger partial charge in [-0.2, -0.15) is 0 Å². The number of hydrogen-bond donors (Lipinski definition) is 0. The van der Waals surface area contributed by atoms with E-state index in [1.807, 2.05) is 0 Å². The molecular formula is C32H50. The number of aryl methyl sites for hydroxylation is 6. The van der Waals surface area contributed by atoms with Crippen molar-refractivity contribution >= 4 is 0 Å². The summed E-state index contributed by atoms with van der Waals surface area (Å²) in [7, 11) is 0. The SMILES string of the molecule is CCCc1cc(CCC)c(C(C)c2cc(CCC)c(CCC)cc2CCC)cc1CCC. The van der Waals surface area contributed by atoms with E-state index < -0.39 is 0 Å². The quantitative estimate of drug-likeness (QED) is 0.277. The van der Waals surface area contributed by atoms with Gasteiger partial charge in [-0.3, -0.25) is 0 Å². The maximum absolute atomic E-state index is 2.61. The van der Waals surface area contributed by atoms with Crippen LogP contribution in [0, 0.1) is 0 Å². The lowest BCUT2D eigenvalue weighted by Crippen LogP contribution is -2.10. The van der Waals surface area contributed by atoms with Crippen molar-refractivity contribution in [2.45, 2.75) is 131 Å². The predicted molar refractivity (Wildman–Crippen MR) is 144 cm³/mol. The number of benzene rings is 2. The highest BCUT2D eigenvalue weighted by molar-refractivity contribution is 5.48. The van der Waals surface area contributed by atoms with Gasteiger partial charge in [-0.25, -0.2) is 0 Å². The predicted octanol–water partition coefficient (Wildman–Crippen LogP) is 9.55. The first-order valence-corrected chi connectivity index (χ1v) is 13.8. The standard InChI is InChI=1S/C32H50/c1-8-14-25-20-29(18-12-5)31(22-27(25)16-10-3)24(7)32-23-28(17-11-4)26(15-9-2)21-30(32)19-13-6/h20-24H,8-19H2,1-7H3. The van der Waals surface area contributed by atoms with Gasteiger partial charge in [-0.05, 0) is 83.0 Å². The molecule has 0 saturated heterocycles. The minimum absolute atomic E-state index is 0.468. The van der Waals surface area contributed by atoms with Crippen molar-refractivity contribution in [2.75, 3.05) is 0 Å². The molecule has 0 aliphatic carbocycles. The molecule has 0 aliphatic heterocycles. The Kier molecular flexibility index (Phi) is 11.6. The third-order valence-corrected chi connectivity index (χ3v) is 6.97. The van der Waals surface area contributed by atoms with Crippen LogP contribution in [-0.2, 0) is 38.5 Å². The molecule has 0 amide bonds. The molecule has 32 heavy (non-hydrogen) atoms. The fourth-order valence-corrected chi connectivity index (χ4v) is 5.47. The second-order valence-electron chi connectivity index (χ2n) is 9.86. The van der Waals surface area contributed by atoms with Crippen LogP contribution in [0.15, 0.2) is 24.3 Å². The molecule has 0 aliphatic rings. The van der Waals surface area contributed by atoms with Crippen molar-refractivity contribution in [3.05, 3.63) is 68.8 Å². The van der Waals surface area contributed by atoms with Gasteiger partial charge in [0.05, 0.1) is 0 Å². The van der Waals surface area contributed by atoms with Crippen LogP contribution in [0.25, 0.3) is 0 Å². The monoisotopic (exact) mass is 434 g/mol. The highest BCUT2D eigenvalue weighted by Crippen LogP contribution is 2.35. The molecule has 0 N–H and O–H groups in total. The lowest BCUT2D eigenvalue weighted by atomic mass is 9.80. The van der Waals surface area contributed by atoms with Gasteiger partial charge >= 0.3 is 0 Å². The molecule has 0 saturated carbocycles. The third-order valence-electron chi connectivity index (χ3n) is 6.97. The van der Waals surface area contributed by atoms with E-state index in [-0.39, 0.29) is 0 Å². The van der Waals surface area contributed by atoms with E-state index >= 15 is 0 Å². The van der Waals surface area contributed by atoms with Gasteiger partial charge in [0.2, 0.25) is 0 Å². The summed E-state index contributed by atoms with van der Waals surface area (Å²) in [6.07, 6.45) is 14.6. The lowest BCUT2D eigenvalue weighted by Gasteiger charge is -2.25. The fourth-order valence-electron chi connectivity index (χ4n) is 5.47. The average Bonchev–Trinajstić information content (AvgIpc) is 2.77. The fraction of sp³-hybridized carbons (Fsp3) is 0.625. The first-order valence-electron chi connectivity index (χ1n) is 13.8. The molecule has 2 rings (SSSR count). The molecule has 0 bridgehead atoms. The highest BCUT2D eigenvalue weighted by Gasteiger charge is 2.20. The molecule has 0 nitrogen and oxygen atoms in total. The Morgan fingerprint density at radius 1 is 0.406 bits per heavy atom. The molecule has 0 fully saturated rings. The maximum atomic E-state index is 2.61. The Bertz CT molecular complexity index is 757. The molecule has 0 heterocycles. The molecule has 0 aromatic heterocycles. The molecule has 0 radical (unpaired) electrons. The topological polar surface area (TPSA) is 0 Å². The summed E-state index contributed by atoms with van der Waals surface area (Å²) < 4.78 is 0. The minimum atomic E-state index is 0.468. The molecule has 2 aromatic rings. The molecule has 0 atom stereocenters. The Morgan fingerprint density at radius 2 is 0.656 bits per heavy atom. The van der Waals surface area contributed by atoms with Crippen molar-refractivity contribution in [3.8, 4) is 0 Å². The molecule has 2 aromatic carbocycles. The number of hydrogen-bond acceptors (Lipinski definition) is 0. The summed E-state index contributed by atoms with van der Waals surface area (Å²) in [5.41, 5.74) is 12.8. The first-order chi connectivity index (χ1) is 15.5. The zero-order valence-corrected chi connectivity index (χ0v) is 22.4. The minimum Gasteiger partial charge on any atom is -0.0651 e. The third kappa shape index (κ3) is 6.72. The Balaban J connectivity index is 2.66. The maximum Gasteiger partial charge on any atom is 0.00666 e. The van der Waals surface area contributed by atoms with E-state index in [1.54, 1.807) is 44.5 Å². The van der Waals surface area contributed by atoms with Crippen molar-refractivity contribution in [1.82, 2.24) is 0 Å². The van der Waals surface area contributed by atoms with Crippen LogP contribution in [-0.4, -0.2) is 0 Å². The van der Waals surface area contributed by atoms with Crippen molar-refractivity contribution in [1.29, 1.82) is 0 Å². The van der Waals surface area contributed by atoms with E-state index in [0.29, 0.717) is 5.92 Å². The lowest BCUT2D eigenvalue weighted by molar-refractivity contribution is 0.793. The van der Waals surface area contributed by atoms with Gasteiger partial charge in [-0.15, -0.1) is 0 Å². The van der Waals surface area contributed by atoms with Crippen molar-refractivity contribution < 1.29 is 0 Å². The molecule has 0 unspecified atom stereocenters. The molecule has 0 spiro atoms. The Morgan fingerprint density at radius 3 is 0.938 bits per heavy atom. The molecular weight excluding hydrogens is 384 g/mol. The first kappa shape index (κ1) is 26.7. The van der Waals surface area contributed by atoms with Crippen LogP contribution < -0.4 is 0 Å². The summed E-state index contributed by atoms with van der Waals surface area (Å²) in [5, 5.41) is 0. The van der Waals surface area contributed by atoms with Gasteiger partial charge in [0, 0.05) is 5.92 Å². The van der Waals surface area contributed by atoms with E-state index in [9.17, 15) is 0 Å². The van der Waals surface area contributed by atoms with Crippen molar-refractivity contribution in [2.24, 2.45) is 0 Å². The second kappa shape index (κ2) is 13.9. The zero-order valence-electron chi connectivity index (χ0n) is 22.4. The van der Waals surface area contributed by atoms with Gasteiger partial charge < -0.3 is 0 Å². The van der Waals surface area contributed by atoms with E-state index in [0.717, 1.165) is 0 Å². The molecule has 0 heteroatoms. The van der Waals surface area contributed by atoms with E-state index in [4.69, 9.17) is 0 Å². The van der Waals surface area contributed by atoms with Crippen molar-refractivity contribution in [3.63, 3.8) is 0 Å². The summed E-state index contributed by atoms with van der Waals surface area (Å²) in [6.45, 7) is 16.4. The van der Waals surface area contributed by atoms with E-state index in [1.165, 1.54) is 77.0 Å². The highest BCUT2D eigenvalue weighted by atomic mass is 14.2. The summed E-state index contributed by atoms with van der Waals surface area (Å²) in [6, 6.07) is 10.4. The average molecular weight is 435 g/mol. The van der Waals surface area contributed by atoms with Crippen LogP contribution in [0.4, 0.5) is 0 Å². The second-order valence-corrected chi connectivity index (χ2v) is 9.86. The van der Waals surface area contributed by atoms with Crippen LogP contribution in [0.5, 0.6) is 0 Å². The van der Waals surface area contributed by atoms with Gasteiger partial charge in [-0.1, -0.05) is 111 Å².